The minimum atomic E-state index is -0.414. The number of pyridine rings is 1. The molecule has 6 nitrogen and oxygen atoms in total. The van der Waals surface area contributed by atoms with Gasteiger partial charge in [-0.05, 0) is 30.9 Å². The topological polar surface area (TPSA) is 83.7 Å². The molecule has 0 aromatic carbocycles. The highest BCUT2D eigenvalue weighted by molar-refractivity contribution is 5.93. The molecule has 2 heterocycles. The van der Waals surface area contributed by atoms with E-state index in [2.05, 4.69) is 10.3 Å². The van der Waals surface area contributed by atoms with Gasteiger partial charge in [-0.3, -0.25) is 14.0 Å². The average molecular weight is 289 g/mol. The molecule has 2 aromatic rings. The number of rotatable bonds is 6. The molecule has 112 valence electrons. The van der Waals surface area contributed by atoms with Crippen LogP contribution in [-0.4, -0.2) is 33.6 Å². The van der Waals surface area contributed by atoms with Crippen LogP contribution in [0.25, 0.3) is 5.65 Å². The Kier molecular flexibility index (Phi) is 5.05. The smallest absolute Gasteiger partial charge is 0.270 e. The number of aliphatic hydroxyl groups is 1. The number of fused-ring (bicyclic) bond motifs is 1. The summed E-state index contributed by atoms with van der Waals surface area (Å²) >= 11 is 0. The number of nitrogens with zero attached hydrogens (tertiary/aromatic N) is 2. The summed E-state index contributed by atoms with van der Waals surface area (Å²) in [5.74, 6) is -0.197. The van der Waals surface area contributed by atoms with Crippen molar-refractivity contribution in [2.24, 2.45) is 5.92 Å². The zero-order valence-corrected chi connectivity index (χ0v) is 12.0. The number of amides is 1. The summed E-state index contributed by atoms with van der Waals surface area (Å²) in [5.41, 5.74) is 0.173. The van der Waals surface area contributed by atoms with E-state index in [-0.39, 0.29) is 23.6 Å². The number of hydrogen-bond acceptors (Lipinski definition) is 4. The number of carbonyl (C=O) groups excluding carboxylic acids is 1. The van der Waals surface area contributed by atoms with Crippen LogP contribution in [0.2, 0.25) is 0 Å². The lowest BCUT2D eigenvalue weighted by atomic mass is 10.1. The van der Waals surface area contributed by atoms with E-state index >= 15 is 0 Å². The summed E-state index contributed by atoms with van der Waals surface area (Å²) in [7, 11) is 0. The van der Waals surface area contributed by atoms with Gasteiger partial charge in [-0.2, -0.15) is 0 Å². The first-order valence-corrected chi connectivity index (χ1v) is 6.99. The molecular weight excluding hydrogens is 270 g/mol. The highest BCUT2D eigenvalue weighted by atomic mass is 16.3. The van der Waals surface area contributed by atoms with Crippen LogP contribution in [0.3, 0.4) is 0 Å². The Balaban J connectivity index is 2.03. The molecule has 0 spiro atoms. The fourth-order valence-corrected chi connectivity index (χ4v) is 2.02. The van der Waals surface area contributed by atoms with Gasteiger partial charge >= 0.3 is 0 Å². The first-order valence-electron chi connectivity index (χ1n) is 6.99. The van der Waals surface area contributed by atoms with Gasteiger partial charge in [0.1, 0.15) is 11.2 Å². The third kappa shape index (κ3) is 3.66. The molecule has 1 atom stereocenters. The fraction of sp³-hybridized carbons (Fsp3) is 0.400. The standard InChI is InChI=1S/C15H19N3O3/c1-11(10-19)5-4-7-16-14(20)12-9-17-13-6-2-3-8-18(13)15(12)21/h2-3,6,8-9,11,19H,4-5,7,10H2,1H3,(H,16,20). The molecule has 6 heteroatoms. The molecule has 0 fully saturated rings. The molecule has 0 saturated heterocycles. The third-order valence-corrected chi connectivity index (χ3v) is 3.33. The zero-order valence-electron chi connectivity index (χ0n) is 12.0. The van der Waals surface area contributed by atoms with Crippen molar-refractivity contribution in [3.05, 3.63) is 46.5 Å². The molecule has 2 rings (SSSR count). The van der Waals surface area contributed by atoms with E-state index in [0.29, 0.717) is 12.2 Å². The predicted octanol–water partition coefficient (Wildman–Crippen LogP) is 0.833. The summed E-state index contributed by atoms with van der Waals surface area (Å²) in [6.45, 7) is 2.56. The second-order valence-corrected chi connectivity index (χ2v) is 5.09. The second-order valence-electron chi connectivity index (χ2n) is 5.09. The Morgan fingerprint density at radius 2 is 2.29 bits per heavy atom. The molecule has 0 aliphatic rings. The number of aromatic nitrogens is 2. The van der Waals surface area contributed by atoms with Crippen molar-refractivity contribution in [3.63, 3.8) is 0 Å². The van der Waals surface area contributed by atoms with Gasteiger partial charge in [0.25, 0.3) is 11.5 Å². The van der Waals surface area contributed by atoms with Crippen molar-refractivity contribution in [3.8, 4) is 0 Å². The maximum absolute atomic E-state index is 12.2. The summed E-state index contributed by atoms with van der Waals surface area (Å²) < 4.78 is 1.35. The lowest BCUT2D eigenvalue weighted by Gasteiger charge is -2.08. The molecule has 0 aliphatic heterocycles. The lowest BCUT2D eigenvalue weighted by Crippen LogP contribution is -2.32. The normalized spacial score (nSPS) is 12.3. The highest BCUT2D eigenvalue weighted by Crippen LogP contribution is 2.03. The van der Waals surface area contributed by atoms with Crippen LogP contribution in [0.4, 0.5) is 0 Å². The van der Waals surface area contributed by atoms with Gasteiger partial charge in [0.2, 0.25) is 0 Å². The monoisotopic (exact) mass is 289 g/mol. The Labute approximate surface area is 122 Å². The molecule has 0 bridgehead atoms. The van der Waals surface area contributed by atoms with E-state index in [1.54, 1.807) is 24.4 Å². The number of aliphatic hydroxyl groups excluding tert-OH is 1. The Bertz CT molecular complexity index is 681. The first kappa shape index (κ1) is 15.2. The number of carbonyl (C=O) groups is 1. The highest BCUT2D eigenvalue weighted by Gasteiger charge is 2.12. The van der Waals surface area contributed by atoms with Crippen molar-refractivity contribution in [1.82, 2.24) is 14.7 Å². The van der Waals surface area contributed by atoms with Crippen LogP contribution in [0, 0.1) is 5.92 Å². The van der Waals surface area contributed by atoms with E-state index in [1.807, 2.05) is 6.92 Å². The van der Waals surface area contributed by atoms with Crippen LogP contribution in [0.1, 0.15) is 30.1 Å². The average Bonchev–Trinajstić information content (AvgIpc) is 2.51. The van der Waals surface area contributed by atoms with Gasteiger partial charge in [0, 0.05) is 25.5 Å². The summed E-state index contributed by atoms with van der Waals surface area (Å²) in [4.78, 5) is 28.3. The maximum atomic E-state index is 12.2. The first-order chi connectivity index (χ1) is 10.1. The summed E-state index contributed by atoms with van der Waals surface area (Å²) in [6, 6.07) is 5.21. The fourth-order valence-electron chi connectivity index (χ4n) is 2.02. The molecule has 21 heavy (non-hydrogen) atoms. The predicted molar refractivity (Wildman–Crippen MR) is 79.3 cm³/mol. The van der Waals surface area contributed by atoms with Crippen LogP contribution in [-0.2, 0) is 0 Å². The zero-order chi connectivity index (χ0) is 15.2. The minimum absolute atomic E-state index is 0.0360. The van der Waals surface area contributed by atoms with Gasteiger partial charge < -0.3 is 10.4 Å². The Morgan fingerprint density at radius 1 is 1.48 bits per heavy atom. The lowest BCUT2D eigenvalue weighted by molar-refractivity contribution is 0.0950. The Hall–Kier alpha value is -2.21. The summed E-state index contributed by atoms with van der Waals surface area (Å²) in [5, 5.41) is 11.6. The molecule has 0 aliphatic carbocycles. The van der Waals surface area contributed by atoms with E-state index in [1.165, 1.54) is 10.6 Å². The van der Waals surface area contributed by atoms with Gasteiger partial charge in [0.05, 0.1) is 0 Å². The quantitative estimate of drug-likeness (QED) is 0.772. The van der Waals surface area contributed by atoms with Gasteiger partial charge in [-0.1, -0.05) is 13.0 Å². The molecule has 2 N–H and O–H groups in total. The van der Waals surface area contributed by atoms with Crippen LogP contribution >= 0.6 is 0 Å². The SMILES string of the molecule is CC(CO)CCCNC(=O)c1cnc2ccccn2c1=O. The van der Waals surface area contributed by atoms with Crippen molar-refractivity contribution in [2.45, 2.75) is 19.8 Å². The molecule has 1 unspecified atom stereocenters. The van der Waals surface area contributed by atoms with Crippen molar-refractivity contribution in [1.29, 1.82) is 0 Å². The Morgan fingerprint density at radius 3 is 3.05 bits per heavy atom. The number of hydrogen-bond donors (Lipinski definition) is 2. The largest absolute Gasteiger partial charge is 0.396 e. The van der Waals surface area contributed by atoms with Crippen molar-refractivity contribution >= 4 is 11.6 Å². The number of nitrogens with one attached hydrogen (secondary N) is 1. The minimum Gasteiger partial charge on any atom is -0.396 e. The van der Waals surface area contributed by atoms with Crippen molar-refractivity contribution < 1.29 is 9.90 Å². The summed E-state index contributed by atoms with van der Waals surface area (Å²) in [6.07, 6.45) is 4.48. The molecule has 0 radical (unpaired) electrons. The van der Waals surface area contributed by atoms with E-state index in [4.69, 9.17) is 5.11 Å². The van der Waals surface area contributed by atoms with Crippen molar-refractivity contribution in [2.75, 3.05) is 13.2 Å². The van der Waals surface area contributed by atoms with Crippen LogP contribution < -0.4 is 10.9 Å². The maximum Gasteiger partial charge on any atom is 0.270 e. The molecular formula is C15H19N3O3. The molecule has 1 amide bonds. The van der Waals surface area contributed by atoms with Crippen LogP contribution in [0.5, 0.6) is 0 Å². The van der Waals surface area contributed by atoms with Crippen LogP contribution in [0.15, 0.2) is 35.4 Å². The van der Waals surface area contributed by atoms with E-state index in [0.717, 1.165) is 12.8 Å². The molecule has 0 saturated carbocycles. The third-order valence-electron chi connectivity index (χ3n) is 3.33. The van der Waals surface area contributed by atoms with Gasteiger partial charge in [-0.25, -0.2) is 4.98 Å². The van der Waals surface area contributed by atoms with Gasteiger partial charge in [0.15, 0.2) is 0 Å². The van der Waals surface area contributed by atoms with E-state index < -0.39 is 5.91 Å². The molecule has 2 aromatic heterocycles. The second kappa shape index (κ2) is 6.99. The van der Waals surface area contributed by atoms with E-state index in [9.17, 15) is 9.59 Å². The van der Waals surface area contributed by atoms with Gasteiger partial charge in [-0.15, -0.1) is 0 Å².